The van der Waals surface area contributed by atoms with Crippen LogP contribution in [0.3, 0.4) is 0 Å². The third kappa shape index (κ3) is 5.55. The molecule has 0 atom stereocenters. The maximum atomic E-state index is 12.0. The minimum atomic E-state index is -0.154. The van der Waals surface area contributed by atoms with Gasteiger partial charge in [-0.05, 0) is 50.2 Å². The molecule has 6 heteroatoms. The van der Waals surface area contributed by atoms with Gasteiger partial charge in [0.15, 0.2) is 0 Å². The van der Waals surface area contributed by atoms with Gasteiger partial charge in [0.25, 0.3) is 5.91 Å². The molecule has 0 spiro atoms. The van der Waals surface area contributed by atoms with Crippen molar-refractivity contribution in [1.29, 1.82) is 0 Å². The zero-order chi connectivity index (χ0) is 17.4. The van der Waals surface area contributed by atoms with Crippen LogP contribution in [0, 0.1) is 0 Å². The Hall–Kier alpha value is -2.60. The molecule has 0 saturated heterocycles. The van der Waals surface area contributed by atoms with Crippen LogP contribution in [0.1, 0.15) is 24.2 Å². The van der Waals surface area contributed by atoms with Crippen molar-refractivity contribution in [1.82, 2.24) is 10.3 Å². The zero-order valence-corrected chi connectivity index (χ0v) is 14.2. The molecule has 2 rings (SSSR count). The van der Waals surface area contributed by atoms with E-state index in [9.17, 15) is 4.79 Å². The van der Waals surface area contributed by atoms with Crippen LogP contribution in [0.5, 0.6) is 5.75 Å². The summed E-state index contributed by atoms with van der Waals surface area (Å²) in [4.78, 5) is 16.3. The lowest BCUT2D eigenvalue weighted by Crippen LogP contribution is -2.26. The van der Waals surface area contributed by atoms with Gasteiger partial charge in [0, 0.05) is 31.1 Å². The third-order valence-electron chi connectivity index (χ3n) is 3.11. The van der Waals surface area contributed by atoms with Gasteiger partial charge in [-0.15, -0.1) is 0 Å². The molecule has 24 heavy (non-hydrogen) atoms. The van der Waals surface area contributed by atoms with Crippen molar-refractivity contribution in [2.75, 3.05) is 25.6 Å². The first-order chi connectivity index (χ1) is 11.6. The van der Waals surface area contributed by atoms with E-state index in [0.29, 0.717) is 24.5 Å². The van der Waals surface area contributed by atoms with Crippen molar-refractivity contribution in [3.8, 4) is 5.75 Å². The monoisotopic (exact) mass is 329 g/mol. The second-order valence-electron chi connectivity index (χ2n) is 5.49. The predicted octanol–water partition coefficient (Wildman–Crippen LogP) is 2.99. The van der Waals surface area contributed by atoms with Crippen LogP contribution < -0.4 is 15.4 Å². The molecule has 0 aliphatic carbocycles. The van der Waals surface area contributed by atoms with Gasteiger partial charge in [-0.25, -0.2) is 4.98 Å². The Bertz CT molecular complexity index is 657. The van der Waals surface area contributed by atoms with E-state index in [0.717, 1.165) is 11.4 Å². The Morgan fingerprint density at radius 3 is 2.62 bits per heavy atom. The minimum Gasteiger partial charge on any atom is -0.491 e. The number of hydrogen-bond donors (Lipinski definition) is 2. The molecule has 0 saturated carbocycles. The van der Waals surface area contributed by atoms with Crippen molar-refractivity contribution < 1.29 is 14.3 Å². The van der Waals surface area contributed by atoms with Crippen LogP contribution in [-0.4, -0.2) is 37.3 Å². The first-order valence-electron chi connectivity index (χ1n) is 7.85. The molecule has 0 unspecified atom stereocenters. The molecule has 128 valence electrons. The minimum absolute atomic E-state index is 0.138. The number of nitrogens with one attached hydrogen (secondary N) is 2. The van der Waals surface area contributed by atoms with Crippen molar-refractivity contribution in [2.24, 2.45) is 0 Å². The van der Waals surface area contributed by atoms with E-state index in [2.05, 4.69) is 15.6 Å². The molecule has 1 amide bonds. The highest BCUT2D eigenvalue weighted by molar-refractivity contribution is 5.94. The van der Waals surface area contributed by atoms with Crippen LogP contribution >= 0.6 is 0 Å². The maximum Gasteiger partial charge on any atom is 0.251 e. The van der Waals surface area contributed by atoms with Gasteiger partial charge < -0.3 is 20.1 Å². The van der Waals surface area contributed by atoms with Crippen LogP contribution in [0.2, 0.25) is 0 Å². The second-order valence-corrected chi connectivity index (χ2v) is 5.49. The van der Waals surface area contributed by atoms with Crippen LogP contribution in [0.25, 0.3) is 0 Å². The van der Waals surface area contributed by atoms with E-state index in [1.54, 1.807) is 25.4 Å². The normalized spacial score (nSPS) is 10.5. The number of benzene rings is 1. The molecule has 2 N–H and O–H groups in total. The molecule has 0 aliphatic rings. The van der Waals surface area contributed by atoms with Gasteiger partial charge >= 0.3 is 0 Å². The molecule has 0 radical (unpaired) electrons. The van der Waals surface area contributed by atoms with Gasteiger partial charge in [-0.3, -0.25) is 4.79 Å². The molecule has 2 aromatic rings. The van der Waals surface area contributed by atoms with Gasteiger partial charge in [0.2, 0.25) is 0 Å². The van der Waals surface area contributed by atoms with E-state index in [1.165, 1.54) is 0 Å². The number of amides is 1. The summed E-state index contributed by atoms with van der Waals surface area (Å²) in [5, 5.41) is 5.96. The van der Waals surface area contributed by atoms with Gasteiger partial charge in [0.05, 0.1) is 12.7 Å². The van der Waals surface area contributed by atoms with Crippen molar-refractivity contribution in [2.45, 2.75) is 20.0 Å². The summed E-state index contributed by atoms with van der Waals surface area (Å²) in [5.74, 6) is 1.26. The predicted molar refractivity (Wildman–Crippen MR) is 93.9 cm³/mol. The topological polar surface area (TPSA) is 72.5 Å². The Morgan fingerprint density at radius 2 is 1.96 bits per heavy atom. The summed E-state index contributed by atoms with van der Waals surface area (Å²) in [6, 6.07) is 11.0. The van der Waals surface area contributed by atoms with E-state index >= 15 is 0 Å². The lowest BCUT2D eigenvalue weighted by molar-refractivity contribution is 0.0937. The fourth-order valence-corrected chi connectivity index (χ4v) is 2.05. The largest absolute Gasteiger partial charge is 0.491 e. The average Bonchev–Trinajstić information content (AvgIpc) is 2.56. The van der Waals surface area contributed by atoms with E-state index in [4.69, 9.17) is 9.47 Å². The quantitative estimate of drug-likeness (QED) is 0.729. The van der Waals surface area contributed by atoms with E-state index in [-0.39, 0.29) is 12.0 Å². The molecule has 0 aliphatic heterocycles. The fourth-order valence-electron chi connectivity index (χ4n) is 2.05. The Labute approximate surface area is 142 Å². The number of anilines is 2. The molecule has 0 bridgehead atoms. The van der Waals surface area contributed by atoms with Crippen LogP contribution in [-0.2, 0) is 4.74 Å². The molecule has 1 aromatic carbocycles. The third-order valence-corrected chi connectivity index (χ3v) is 3.11. The number of ether oxygens (including phenoxy) is 2. The van der Waals surface area contributed by atoms with Crippen molar-refractivity contribution in [3.63, 3.8) is 0 Å². The lowest BCUT2D eigenvalue weighted by atomic mass is 10.2. The molecule has 0 fully saturated rings. The highest BCUT2D eigenvalue weighted by Gasteiger charge is 2.07. The zero-order valence-electron chi connectivity index (χ0n) is 14.2. The molecular weight excluding hydrogens is 306 g/mol. The van der Waals surface area contributed by atoms with E-state index in [1.807, 2.05) is 38.1 Å². The summed E-state index contributed by atoms with van der Waals surface area (Å²) < 4.78 is 10.5. The number of pyridine rings is 1. The lowest BCUT2D eigenvalue weighted by Gasteiger charge is -2.11. The van der Waals surface area contributed by atoms with Crippen molar-refractivity contribution in [3.05, 3.63) is 48.2 Å². The van der Waals surface area contributed by atoms with Crippen LogP contribution in [0.4, 0.5) is 11.5 Å². The number of aromatic nitrogens is 1. The molecule has 6 nitrogen and oxygen atoms in total. The average molecular weight is 329 g/mol. The van der Waals surface area contributed by atoms with E-state index < -0.39 is 0 Å². The van der Waals surface area contributed by atoms with Gasteiger partial charge in [0.1, 0.15) is 11.6 Å². The number of carbonyl (C=O) groups excluding carboxylic acids is 1. The summed E-state index contributed by atoms with van der Waals surface area (Å²) in [6.07, 6.45) is 1.74. The maximum absolute atomic E-state index is 12.0. The summed E-state index contributed by atoms with van der Waals surface area (Å²) in [6.45, 7) is 4.92. The van der Waals surface area contributed by atoms with Crippen molar-refractivity contribution >= 4 is 17.4 Å². The second kappa shape index (κ2) is 8.88. The van der Waals surface area contributed by atoms with Crippen LogP contribution in [0.15, 0.2) is 42.6 Å². The smallest absolute Gasteiger partial charge is 0.251 e. The summed E-state index contributed by atoms with van der Waals surface area (Å²) in [7, 11) is 1.60. The van der Waals surface area contributed by atoms with Gasteiger partial charge in [-0.1, -0.05) is 0 Å². The van der Waals surface area contributed by atoms with Gasteiger partial charge in [-0.2, -0.15) is 0 Å². The highest BCUT2D eigenvalue weighted by atomic mass is 16.5. The SMILES string of the molecule is COCCNC(=O)c1ccnc(Nc2ccc(OC(C)C)cc2)c1. The number of methoxy groups -OCH3 is 1. The molecule has 1 heterocycles. The molecular formula is C18H23N3O3. The Kier molecular flexibility index (Phi) is 6.57. The number of carbonyl (C=O) groups is 1. The molecule has 1 aromatic heterocycles. The summed E-state index contributed by atoms with van der Waals surface area (Å²) >= 11 is 0. The Balaban J connectivity index is 1.99. The standard InChI is InChI=1S/C18H23N3O3/c1-13(2)24-16-6-4-15(5-7-16)21-17-12-14(8-9-19-17)18(22)20-10-11-23-3/h4-9,12-13H,10-11H2,1-3H3,(H,19,21)(H,20,22). The number of hydrogen-bond acceptors (Lipinski definition) is 5. The first-order valence-corrected chi connectivity index (χ1v) is 7.85. The first kappa shape index (κ1) is 17.7. The fraction of sp³-hybridized carbons (Fsp3) is 0.333. The Morgan fingerprint density at radius 1 is 1.21 bits per heavy atom. The summed E-state index contributed by atoms with van der Waals surface area (Å²) in [5.41, 5.74) is 1.42. The number of nitrogens with zero attached hydrogens (tertiary/aromatic N) is 1. The highest BCUT2D eigenvalue weighted by Crippen LogP contribution is 2.20. The number of rotatable bonds is 8.